The molecular weight excluding hydrogens is 316 g/mol. The predicted octanol–water partition coefficient (Wildman–Crippen LogP) is 4.99. The van der Waals surface area contributed by atoms with Crippen LogP contribution >= 0.6 is 0 Å². The van der Waals surface area contributed by atoms with Crippen LogP contribution in [0.3, 0.4) is 0 Å². The number of hydrogen-bond donors (Lipinski definition) is 0. The van der Waals surface area contributed by atoms with E-state index in [-0.39, 0.29) is 46.8 Å². The molecule has 2 saturated heterocycles. The second-order valence-corrected chi connectivity index (χ2v) is 9.75. The maximum Gasteiger partial charge on any atom is 0.313 e. The normalized spacial score (nSPS) is 30.1. The lowest BCUT2D eigenvalue weighted by Gasteiger charge is -2.45. The van der Waals surface area contributed by atoms with Crippen LogP contribution in [0.1, 0.15) is 81.6 Å². The van der Waals surface area contributed by atoms with E-state index in [4.69, 9.17) is 9.47 Å². The Bertz CT molecular complexity index is 469. The van der Waals surface area contributed by atoms with Crippen LogP contribution in [0, 0.1) is 28.6 Å². The number of carbonyl (C=O) groups excluding carboxylic acids is 2. The van der Waals surface area contributed by atoms with Gasteiger partial charge in [-0.15, -0.1) is 0 Å². The van der Waals surface area contributed by atoms with Crippen LogP contribution < -0.4 is 0 Å². The molecule has 4 nitrogen and oxygen atoms in total. The fourth-order valence-corrected chi connectivity index (χ4v) is 3.53. The van der Waals surface area contributed by atoms with E-state index < -0.39 is 0 Å². The molecule has 0 aromatic heterocycles. The van der Waals surface area contributed by atoms with Gasteiger partial charge in [0.25, 0.3) is 0 Å². The predicted molar refractivity (Wildman–Crippen MR) is 100 cm³/mol. The Labute approximate surface area is 154 Å². The minimum absolute atomic E-state index is 0.00299. The molecule has 0 radical (unpaired) electrons. The Hall–Kier alpha value is -1.06. The average Bonchev–Trinajstić information content (AvgIpc) is 2.45. The van der Waals surface area contributed by atoms with E-state index in [1.54, 1.807) is 0 Å². The summed E-state index contributed by atoms with van der Waals surface area (Å²) in [5.41, 5.74) is 0.190. The Morgan fingerprint density at radius 2 is 1.36 bits per heavy atom. The van der Waals surface area contributed by atoms with Gasteiger partial charge in [0.2, 0.25) is 0 Å². The number of ether oxygens (including phenoxy) is 2. The molecule has 0 N–H and O–H groups in total. The quantitative estimate of drug-likeness (QED) is 0.667. The summed E-state index contributed by atoms with van der Waals surface area (Å²) in [6.07, 6.45) is 3.35. The molecule has 0 aliphatic carbocycles. The van der Waals surface area contributed by atoms with Gasteiger partial charge in [-0.3, -0.25) is 9.59 Å². The van der Waals surface area contributed by atoms with E-state index in [2.05, 4.69) is 62.3 Å². The van der Waals surface area contributed by atoms with Gasteiger partial charge in [-0.2, -0.15) is 0 Å². The first-order valence-corrected chi connectivity index (χ1v) is 9.75. The number of rotatable bonds is 4. The maximum absolute atomic E-state index is 11.3. The number of cyclic esters (lactones) is 2. The van der Waals surface area contributed by atoms with Gasteiger partial charge in [-0.1, -0.05) is 75.2 Å². The van der Waals surface area contributed by atoms with Crippen LogP contribution in [0.25, 0.3) is 0 Å². The number of hydrogen-bond acceptors (Lipinski definition) is 4. The molecule has 0 spiro atoms. The molecule has 0 aromatic carbocycles. The van der Waals surface area contributed by atoms with Crippen molar-refractivity contribution < 1.29 is 19.1 Å². The van der Waals surface area contributed by atoms with Crippen molar-refractivity contribution in [1.82, 2.24) is 0 Å². The fraction of sp³-hybridized carbons (Fsp3) is 0.905. The van der Waals surface area contributed by atoms with Crippen molar-refractivity contribution in [3.05, 3.63) is 0 Å². The Morgan fingerprint density at radius 1 is 0.880 bits per heavy atom. The lowest BCUT2D eigenvalue weighted by Crippen LogP contribution is -2.54. The summed E-state index contributed by atoms with van der Waals surface area (Å²) in [5.74, 6) is 0.733. The molecule has 2 aliphatic rings. The monoisotopic (exact) mass is 354 g/mol. The molecule has 2 aliphatic heterocycles. The highest BCUT2D eigenvalue weighted by molar-refractivity contribution is 5.79. The summed E-state index contributed by atoms with van der Waals surface area (Å²) in [4.78, 5) is 22.3. The third-order valence-electron chi connectivity index (χ3n) is 5.32. The smallest absolute Gasteiger partial charge is 0.313 e. The van der Waals surface area contributed by atoms with Crippen molar-refractivity contribution in [3.8, 4) is 0 Å². The maximum atomic E-state index is 11.3. The van der Waals surface area contributed by atoms with Crippen LogP contribution in [0.15, 0.2) is 0 Å². The SMILES string of the molecule is CCC(C)C1C(=O)OC1C(C)(C)C.CCCC1C(=O)OC1C(C)(C)C. The Balaban J connectivity index is 0.000000251. The third kappa shape index (κ3) is 5.21. The molecule has 2 fully saturated rings. The zero-order valence-electron chi connectivity index (χ0n) is 17.6. The summed E-state index contributed by atoms with van der Waals surface area (Å²) >= 11 is 0. The van der Waals surface area contributed by atoms with Gasteiger partial charge in [0.05, 0.1) is 11.8 Å². The van der Waals surface area contributed by atoms with Gasteiger partial charge in [0.1, 0.15) is 12.2 Å². The number of carbonyl (C=O) groups is 2. The molecule has 0 bridgehead atoms. The summed E-state index contributed by atoms with van der Waals surface area (Å²) in [6, 6.07) is 0. The van der Waals surface area contributed by atoms with Gasteiger partial charge in [-0.05, 0) is 23.2 Å². The van der Waals surface area contributed by atoms with Gasteiger partial charge in [-0.25, -0.2) is 0 Å². The molecule has 5 unspecified atom stereocenters. The van der Waals surface area contributed by atoms with Gasteiger partial charge < -0.3 is 9.47 Å². The first kappa shape index (κ1) is 22.0. The van der Waals surface area contributed by atoms with Crippen LogP contribution in [0.4, 0.5) is 0 Å². The van der Waals surface area contributed by atoms with Crippen LogP contribution in [0.5, 0.6) is 0 Å². The van der Waals surface area contributed by atoms with Crippen molar-refractivity contribution in [2.45, 2.75) is 93.8 Å². The van der Waals surface area contributed by atoms with E-state index in [9.17, 15) is 9.59 Å². The highest BCUT2D eigenvalue weighted by atomic mass is 16.6. The molecule has 5 atom stereocenters. The van der Waals surface area contributed by atoms with Crippen molar-refractivity contribution >= 4 is 11.9 Å². The van der Waals surface area contributed by atoms with Gasteiger partial charge >= 0.3 is 11.9 Å². The van der Waals surface area contributed by atoms with Crippen molar-refractivity contribution in [3.63, 3.8) is 0 Å². The van der Waals surface area contributed by atoms with Crippen LogP contribution in [0.2, 0.25) is 0 Å². The topological polar surface area (TPSA) is 52.6 Å². The van der Waals surface area contributed by atoms with Gasteiger partial charge in [0, 0.05) is 0 Å². The Morgan fingerprint density at radius 3 is 1.68 bits per heavy atom. The zero-order chi connectivity index (χ0) is 19.6. The molecule has 0 amide bonds. The van der Waals surface area contributed by atoms with E-state index in [1.807, 2.05) is 0 Å². The first-order chi connectivity index (χ1) is 11.3. The van der Waals surface area contributed by atoms with E-state index >= 15 is 0 Å². The lowest BCUT2D eigenvalue weighted by atomic mass is 9.72. The third-order valence-corrected chi connectivity index (χ3v) is 5.32. The molecule has 2 rings (SSSR count). The summed E-state index contributed by atoms with van der Waals surface area (Å²) in [7, 11) is 0. The van der Waals surface area contributed by atoms with Crippen LogP contribution in [-0.2, 0) is 19.1 Å². The Kier molecular flexibility index (Phi) is 7.12. The molecule has 146 valence electrons. The van der Waals surface area contributed by atoms with Gasteiger partial charge in [0.15, 0.2) is 0 Å². The molecule has 0 aromatic rings. The minimum Gasteiger partial charge on any atom is -0.461 e. The van der Waals surface area contributed by atoms with E-state index in [0.717, 1.165) is 19.3 Å². The zero-order valence-corrected chi connectivity index (χ0v) is 17.6. The molecule has 0 saturated carbocycles. The standard InChI is InChI=1S/C11H20O2.C10H18O2/c1-6-7(2)8-9(11(3,4)5)13-10(8)12;1-5-6-7-8(10(2,3)4)12-9(7)11/h7-9H,6H2,1-5H3;7-8H,5-6H2,1-4H3. The fourth-order valence-electron chi connectivity index (χ4n) is 3.53. The van der Waals surface area contributed by atoms with Crippen LogP contribution in [-0.4, -0.2) is 24.1 Å². The van der Waals surface area contributed by atoms with E-state index in [1.165, 1.54) is 0 Å². The number of esters is 2. The van der Waals surface area contributed by atoms with E-state index in [0.29, 0.717) is 5.92 Å². The van der Waals surface area contributed by atoms with Crippen molar-refractivity contribution in [1.29, 1.82) is 0 Å². The highest BCUT2D eigenvalue weighted by Gasteiger charge is 2.50. The van der Waals surface area contributed by atoms with Crippen molar-refractivity contribution in [2.75, 3.05) is 0 Å². The second kappa shape index (κ2) is 8.09. The highest BCUT2D eigenvalue weighted by Crippen LogP contribution is 2.41. The molecule has 25 heavy (non-hydrogen) atoms. The largest absolute Gasteiger partial charge is 0.461 e. The lowest BCUT2D eigenvalue weighted by molar-refractivity contribution is -0.204. The van der Waals surface area contributed by atoms with Crippen molar-refractivity contribution in [2.24, 2.45) is 28.6 Å². The second-order valence-electron chi connectivity index (χ2n) is 9.75. The summed E-state index contributed by atoms with van der Waals surface area (Å²) < 4.78 is 10.3. The average molecular weight is 355 g/mol. The molecule has 4 heteroatoms. The minimum atomic E-state index is -0.00530. The summed E-state index contributed by atoms with van der Waals surface area (Å²) in [5, 5.41) is 0. The summed E-state index contributed by atoms with van der Waals surface area (Å²) in [6.45, 7) is 19.1. The molecule has 2 heterocycles. The first-order valence-electron chi connectivity index (χ1n) is 9.75. The molecular formula is C21H38O4.